The fourth-order valence-electron chi connectivity index (χ4n) is 2.55. The maximum Gasteiger partial charge on any atom is 0.250 e. The first-order chi connectivity index (χ1) is 15.6. The molecule has 1 heterocycles. The number of nitrogens with one attached hydrogen (secondary N) is 1. The molecule has 3 rings (SSSR count). The number of hydrogen-bond donors (Lipinski definition) is 1. The Bertz CT molecular complexity index is 1040. The largest absolute Gasteiger partial charge is 0.493 e. The van der Waals surface area contributed by atoms with Crippen LogP contribution in [0, 0.1) is 0 Å². The van der Waals surface area contributed by atoms with Crippen molar-refractivity contribution in [3.05, 3.63) is 53.6 Å². The molecule has 0 unspecified atom stereocenters. The number of ether oxygens (including phenoxy) is 3. The summed E-state index contributed by atoms with van der Waals surface area (Å²) < 4.78 is 17.5. The van der Waals surface area contributed by atoms with Gasteiger partial charge in [-0.3, -0.25) is 4.79 Å². The summed E-state index contributed by atoms with van der Waals surface area (Å²) in [6.45, 7) is 0. The highest BCUT2D eigenvalue weighted by molar-refractivity contribution is 8.03. The van der Waals surface area contributed by atoms with Crippen molar-refractivity contribution in [2.24, 2.45) is 5.10 Å². The van der Waals surface area contributed by atoms with Crippen LogP contribution in [0.15, 0.2) is 56.2 Å². The first-order valence-corrected chi connectivity index (χ1v) is 12.2. The molecule has 0 atom stereocenters. The van der Waals surface area contributed by atoms with Gasteiger partial charge in [-0.25, -0.2) is 5.43 Å². The second kappa shape index (κ2) is 12.3. The van der Waals surface area contributed by atoms with Crippen LogP contribution in [0.4, 0.5) is 0 Å². The summed E-state index contributed by atoms with van der Waals surface area (Å²) in [5, 5.41) is 12.3. The summed E-state index contributed by atoms with van der Waals surface area (Å²) in [5.41, 5.74) is 4.43. The lowest BCUT2D eigenvalue weighted by atomic mass is 10.2. The molecule has 3 aromatic rings. The molecule has 0 saturated heterocycles. The molecule has 168 valence electrons. The minimum absolute atomic E-state index is 0.185. The van der Waals surface area contributed by atoms with Gasteiger partial charge in [0, 0.05) is 11.3 Å². The lowest BCUT2D eigenvalue weighted by molar-refractivity contribution is -0.118. The molecule has 32 heavy (non-hydrogen) atoms. The van der Waals surface area contributed by atoms with Gasteiger partial charge in [0.15, 0.2) is 20.2 Å². The Balaban J connectivity index is 1.47. The smallest absolute Gasteiger partial charge is 0.250 e. The van der Waals surface area contributed by atoms with E-state index in [9.17, 15) is 4.79 Å². The number of carbonyl (C=O) groups excluding carboxylic acids is 1. The van der Waals surface area contributed by atoms with Crippen LogP contribution in [-0.4, -0.2) is 49.4 Å². The van der Waals surface area contributed by atoms with E-state index in [1.807, 2.05) is 18.2 Å². The van der Waals surface area contributed by atoms with Gasteiger partial charge in [-0.05, 0) is 17.7 Å². The number of nitrogens with zero attached hydrogens (tertiary/aromatic N) is 3. The van der Waals surface area contributed by atoms with Gasteiger partial charge in [0.1, 0.15) is 0 Å². The highest BCUT2D eigenvalue weighted by Gasteiger charge is 2.12. The maximum atomic E-state index is 12.1. The standard InChI is InChI=1S/C21H22N4O4S3/c1-27-16-9-15(10-17(28-2)19(16)29-3)11-22-23-18(26)13-31-21-25-24-20(32-21)30-12-14-7-5-4-6-8-14/h4-11H,12-13H2,1-3H3,(H,23,26). The average molecular weight is 491 g/mol. The van der Waals surface area contributed by atoms with Crippen molar-refractivity contribution < 1.29 is 19.0 Å². The van der Waals surface area contributed by atoms with E-state index in [0.717, 1.165) is 14.4 Å². The Morgan fingerprint density at radius 2 is 1.69 bits per heavy atom. The molecule has 8 nitrogen and oxygen atoms in total. The van der Waals surface area contributed by atoms with Crippen molar-refractivity contribution in [2.75, 3.05) is 27.1 Å². The third-order valence-corrected chi connectivity index (χ3v) is 7.27. The summed E-state index contributed by atoms with van der Waals surface area (Å²) in [6, 6.07) is 13.6. The van der Waals surface area contributed by atoms with Crippen molar-refractivity contribution in [3.8, 4) is 17.2 Å². The quantitative estimate of drug-likeness (QED) is 0.244. The molecule has 0 spiro atoms. The van der Waals surface area contributed by atoms with E-state index in [1.165, 1.54) is 56.2 Å². The van der Waals surface area contributed by atoms with E-state index in [-0.39, 0.29) is 11.7 Å². The molecule has 0 bridgehead atoms. The van der Waals surface area contributed by atoms with E-state index < -0.39 is 0 Å². The highest BCUT2D eigenvalue weighted by Crippen LogP contribution is 2.37. The Kier molecular flexibility index (Phi) is 9.20. The van der Waals surface area contributed by atoms with Crippen molar-refractivity contribution in [1.29, 1.82) is 0 Å². The predicted molar refractivity (Wildman–Crippen MR) is 128 cm³/mol. The van der Waals surface area contributed by atoms with Gasteiger partial charge in [0.25, 0.3) is 5.91 Å². The van der Waals surface area contributed by atoms with Gasteiger partial charge in [-0.2, -0.15) is 5.10 Å². The predicted octanol–water partition coefficient (Wildman–Crippen LogP) is 4.10. The first kappa shape index (κ1) is 23.9. The summed E-state index contributed by atoms with van der Waals surface area (Å²) in [5.74, 6) is 2.28. The number of methoxy groups -OCH3 is 3. The van der Waals surface area contributed by atoms with Crippen LogP contribution >= 0.6 is 34.9 Å². The zero-order chi connectivity index (χ0) is 22.8. The van der Waals surface area contributed by atoms with Crippen LogP contribution in [-0.2, 0) is 10.5 Å². The average Bonchev–Trinajstić information content (AvgIpc) is 3.29. The Morgan fingerprint density at radius 1 is 1.03 bits per heavy atom. The second-order valence-corrected chi connectivity index (χ2v) is 9.57. The molecule has 0 aliphatic rings. The minimum Gasteiger partial charge on any atom is -0.493 e. The number of rotatable bonds is 11. The zero-order valence-electron chi connectivity index (χ0n) is 17.7. The molecule has 1 N–H and O–H groups in total. The van der Waals surface area contributed by atoms with E-state index >= 15 is 0 Å². The van der Waals surface area contributed by atoms with Gasteiger partial charge in [-0.1, -0.05) is 65.2 Å². The maximum absolute atomic E-state index is 12.1. The molecule has 11 heteroatoms. The normalized spacial score (nSPS) is 10.8. The monoisotopic (exact) mass is 490 g/mol. The lowest BCUT2D eigenvalue weighted by Crippen LogP contribution is -2.19. The SMILES string of the molecule is COc1cc(C=NNC(=O)CSc2nnc(SCc3ccccc3)s2)cc(OC)c1OC. The van der Waals surface area contributed by atoms with Crippen LogP contribution in [0.5, 0.6) is 17.2 Å². The van der Waals surface area contributed by atoms with Gasteiger partial charge in [0.2, 0.25) is 5.75 Å². The van der Waals surface area contributed by atoms with Gasteiger partial charge < -0.3 is 14.2 Å². The van der Waals surface area contributed by atoms with Crippen LogP contribution < -0.4 is 19.6 Å². The van der Waals surface area contributed by atoms with Crippen LogP contribution in [0.25, 0.3) is 0 Å². The van der Waals surface area contributed by atoms with E-state index in [1.54, 1.807) is 23.9 Å². The van der Waals surface area contributed by atoms with Gasteiger partial charge >= 0.3 is 0 Å². The van der Waals surface area contributed by atoms with Gasteiger partial charge in [0.05, 0.1) is 33.3 Å². The molecule has 1 amide bonds. The summed E-state index contributed by atoms with van der Waals surface area (Å²) >= 11 is 4.42. The molecule has 1 aromatic heterocycles. The van der Waals surface area contributed by atoms with E-state index in [2.05, 4.69) is 32.9 Å². The van der Waals surface area contributed by atoms with E-state index in [0.29, 0.717) is 22.8 Å². The third-order valence-electron chi connectivity index (χ3n) is 4.01. The molecule has 2 aromatic carbocycles. The van der Waals surface area contributed by atoms with Crippen LogP contribution in [0.2, 0.25) is 0 Å². The van der Waals surface area contributed by atoms with Crippen molar-refractivity contribution >= 4 is 47.0 Å². The minimum atomic E-state index is -0.243. The molecule has 0 aliphatic carbocycles. The van der Waals surface area contributed by atoms with Crippen LogP contribution in [0.1, 0.15) is 11.1 Å². The molecule has 0 fully saturated rings. The Morgan fingerprint density at radius 3 is 2.31 bits per heavy atom. The molecule has 0 aliphatic heterocycles. The van der Waals surface area contributed by atoms with Crippen molar-refractivity contribution in [1.82, 2.24) is 15.6 Å². The summed E-state index contributed by atoms with van der Waals surface area (Å²) in [7, 11) is 4.61. The second-order valence-electron chi connectivity index (χ2n) is 6.15. The fourth-order valence-corrected chi connectivity index (χ4v) is 5.32. The summed E-state index contributed by atoms with van der Waals surface area (Å²) in [4.78, 5) is 12.1. The lowest BCUT2D eigenvalue weighted by Gasteiger charge is -2.12. The molecular formula is C21H22N4O4S3. The van der Waals surface area contributed by atoms with E-state index in [4.69, 9.17) is 14.2 Å². The Labute approximate surface area is 198 Å². The number of thioether (sulfide) groups is 2. The number of amides is 1. The number of aromatic nitrogens is 2. The fraction of sp³-hybridized carbons (Fsp3) is 0.238. The Hall–Kier alpha value is -2.76. The first-order valence-electron chi connectivity index (χ1n) is 9.38. The number of carbonyl (C=O) groups is 1. The van der Waals surface area contributed by atoms with Crippen molar-refractivity contribution in [2.45, 2.75) is 14.4 Å². The number of benzene rings is 2. The van der Waals surface area contributed by atoms with Crippen molar-refractivity contribution in [3.63, 3.8) is 0 Å². The highest BCUT2D eigenvalue weighted by atomic mass is 32.2. The zero-order valence-corrected chi connectivity index (χ0v) is 20.2. The third kappa shape index (κ3) is 6.87. The summed E-state index contributed by atoms with van der Waals surface area (Å²) in [6.07, 6.45) is 1.51. The number of hydrogen-bond acceptors (Lipinski definition) is 10. The number of hydrazone groups is 1. The topological polar surface area (TPSA) is 94.9 Å². The van der Waals surface area contributed by atoms with Crippen LogP contribution in [0.3, 0.4) is 0 Å². The molecular weight excluding hydrogens is 468 g/mol. The molecule has 0 radical (unpaired) electrons. The van der Waals surface area contributed by atoms with Gasteiger partial charge in [-0.15, -0.1) is 10.2 Å². The molecule has 0 saturated carbocycles.